The van der Waals surface area contributed by atoms with Gasteiger partial charge >= 0.3 is 51.7 Å². The van der Waals surface area contributed by atoms with E-state index >= 15 is 0 Å². The van der Waals surface area contributed by atoms with Crippen molar-refractivity contribution in [3.8, 4) is 0 Å². The summed E-state index contributed by atoms with van der Waals surface area (Å²) in [5.74, 6) is 0. The van der Waals surface area contributed by atoms with Crippen molar-refractivity contribution >= 4 is 7.43 Å². The average Bonchev–Trinajstić information content (AvgIpc) is 1.56. The van der Waals surface area contributed by atoms with Gasteiger partial charge in [-0.25, -0.2) is 0 Å². The maximum absolute atomic E-state index is 11.4. The van der Waals surface area contributed by atoms with Gasteiger partial charge in [-0.3, -0.25) is 0 Å². The van der Waals surface area contributed by atoms with Crippen LogP contribution in [0.3, 0.4) is 0 Å². The first-order valence-electron chi connectivity index (χ1n) is 1.95. The second kappa shape index (κ2) is 2.22. The summed E-state index contributed by atoms with van der Waals surface area (Å²) in [6.45, 7) is 0. The molecule has 71 valence electrons. The minimum absolute atomic E-state index is 1.46. The van der Waals surface area contributed by atoms with Gasteiger partial charge in [-0.15, -0.1) is 0 Å². The van der Waals surface area contributed by atoms with E-state index in [0.717, 1.165) is 0 Å². The summed E-state index contributed by atoms with van der Waals surface area (Å²) < 4.78 is 65.9. The van der Waals surface area contributed by atoms with Gasteiger partial charge in [0.15, 0.2) is 0 Å². The number of rotatable bonds is 1. The van der Waals surface area contributed by atoms with Gasteiger partial charge in [-0.2, -0.15) is 0 Å². The Morgan fingerprint density at radius 2 is 1.18 bits per heavy atom. The molecule has 0 saturated carbocycles. The van der Waals surface area contributed by atoms with E-state index < -0.39 is 17.9 Å². The van der Waals surface area contributed by atoms with Gasteiger partial charge in [0.2, 0.25) is 0 Å². The van der Waals surface area contributed by atoms with E-state index in [1.807, 2.05) is 0 Å². The summed E-state index contributed by atoms with van der Waals surface area (Å²) in [4.78, 5) is 0. The first-order chi connectivity index (χ1) is 4.69. The molecule has 0 fully saturated rings. The molecule has 0 unspecified atom stereocenters. The molecule has 0 aliphatic carbocycles. The topological polar surface area (TPSA) is 3.24 Å². The van der Waals surface area contributed by atoms with E-state index in [9.17, 15) is 26.3 Å². The predicted molar refractivity (Wildman–Crippen MR) is 21.1 cm³/mol. The Morgan fingerprint density at radius 1 is 0.909 bits per heavy atom. The molecular formula is C3H2CfF6N. The third-order valence-corrected chi connectivity index (χ3v) is 2.68. The van der Waals surface area contributed by atoms with E-state index in [1.165, 1.54) is 0 Å². The Labute approximate surface area is 53.0 Å². The molecule has 0 N–H and O–H groups in total. The standard InChI is InChI=1S/C2F6N.CH2.Cf/c3-1(4,5)9-2(6,7)8;;/h;1H2;/q-1;;+1. The Balaban J connectivity index is 4.56. The van der Waals surface area contributed by atoms with Gasteiger partial charge in [-0.1, -0.05) is 0 Å². The van der Waals surface area contributed by atoms with Crippen molar-refractivity contribution in [2.45, 2.75) is 12.6 Å². The van der Waals surface area contributed by atoms with E-state index in [-0.39, 0.29) is 0 Å². The molecule has 0 aliphatic rings. The van der Waals surface area contributed by atoms with Crippen molar-refractivity contribution < 1.29 is 26.3 Å². The normalized spacial score (nSPS) is 13.4. The van der Waals surface area contributed by atoms with Crippen LogP contribution in [0.2, 0.25) is 0 Å². The third kappa shape index (κ3) is 2.24. The van der Waals surface area contributed by atoms with Crippen LogP contribution >= 0.6 is 0 Å². The van der Waals surface area contributed by atoms with Crippen LogP contribution in [-0.2, 0) is 0 Å². The molecule has 0 radical (unpaired) electrons. The fourth-order valence-electron chi connectivity index (χ4n) is 0.257. The number of alkyl halides is 6. The molecule has 0 aromatic heterocycles. The molecule has 0 saturated heterocycles. The third-order valence-electron chi connectivity index (χ3n) is 0.514. The summed E-state index contributed by atoms with van der Waals surface area (Å²) in [6.07, 6.45) is -10.7. The van der Waals surface area contributed by atoms with Gasteiger partial charge in [0.1, 0.15) is 0 Å². The molecule has 0 heterocycles. The monoisotopic (exact) mass is 415 g/mol. The van der Waals surface area contributed by atoms with Crippen LogP contribution in [0.1, 0.15) is 0 Å². The molecule has 0 rings (SSSR count). The van der Waals surface area contributed by atoms with E-state index in [0.29, 0.717) is 0 Å². The van der Waals surface area contributed by atoms with Crippen molar-refractivity contribution in [1.29, 1.82) is 0 Å². The Morgan fingerprint density at radius 3 is 1.18 bits per heavy atom. The fourth-order valence-corrected chi connectivity index (χ4v) is 1.20. The van der Waals surface area contributed by atoms with Gasteiger partial charge < -0.3 is 0 Å². The second-order valence-electron chi connectivity index (χ2n) is 1.29. The number of hydrogen-bond acceptors (Lipinski definition) is 1. The quantitative estimate of drug-likeness (QED) is 0.465. The summed E-state index contributed by atoms with van der Waals surface area (Å²) in [6, 6.07) is 0. The Hall–Kier alpha value is -1.59. The van der Waals surface area contributed by atoms with Gasteiger partial charge in [-0.05, 0) is 0 Å². The molecular weight excluding hydrogens is 415 g/mol. The predicted octanol–water partition coefficient (Wildman–Crippen LogP) is 1.76. The Kier molecular flexibility index (Phi) is 1.90. The second-order valence-corrected chi connectivity index (χ2v) is 3.30. The average molecular weight is 417 g/mol. The summed E-state index contributed by atoms with van der Waals surface area (Å²) in [5, 5.41) is -1.46. The van der Waals surface area contributed by atoms with Crippen LogP contribution in [0, 0.1) is 0 Å². The molecule has 0 spiro atoms. The zero-order chi connectivity index (χ0) is 9.28. The van der Waals surface area contributed by atoms with Gasteiger partial charge in [0, 0.05) is 0 Å². The van der Waals surface area contributed by atoms with Crippen LogP contribution in [0.4, 0.5) is 26.3 Å². The zero-order valence-electron chi connectivity index (χ0n) is 4.74. The molecule has 11 heavy (non-hydrogen) atoms. The molecule has 0 bridgehead atoms. The van der Waals surface area contributed by atoms with Crippen LogP contribution in [0.15, 0.2) is 0 Å². The number of nitrogens with zero attached hydrogens (tertiary/aromatic N) is 1. The van der Waals surface area contributed by atoms with Crippen molar-refractivity contribution in [2.75, 3.05) is 0 Å². The minimum atomic E-state index is -5.34. The van der Waals surface area contributed by atoms with Crippen LogP contribution < -0.4 is 0 Å². The first kappa shape index (κ1) is 9.41. The van der Waals surface area contributed by atoms with Crippen LogP contribution in [0.5, 0.6) is 0 Å². The van der Waals surface area contributed by atoms with Crippen LogP contribution in [0.25, 0.3) is 0 Å². The molecule has 1 nitrogen and oxygen atoms in total. The van der Waals surface area contributed by atoms with E-state index in [1.54, 1.807) is 0 Å². The first-order valence-corrected chi connectivity index (χ1v) is 4.99. The van der Waals surface area contributed by atoms with Crippen LogP contribution in [-0.4, -0.2) is 25.3 Å². The molecule has 0 aromatic carbocycles. The summed E-state index contributed by atoms with van der Waals surface area (Å²) in [5.41, 5.74) is 0. The molecule has 0 atom stereocenters. The molecule has 0 amide bonds. The van der Waals surface area contributed by atoms with E-state index in [4.69, 9.17) is 0 Å². The zero-order valence-corrected chi connectivity index (χ0v) is 7.37. The van der Waals surface area contributed by atoms with Crippen molar-refractivity contribution in [1.82, 2.24) is 5.32 Å². The maximum atomic E-state index is 11.4. The van der Waals surface area contributed by atoms with Gasteiger partial charge in [0.05, 0.1) is 0 Å². The molecule has 8 heteroatoms. The summed E-state index contributed by atoms with van der Waals surface area (Å²) >= 11 is 0. The van der Waals surface area contributed by atoms with Crippen molar-refractivity contribution in [3.63, 3.8) is 0 Å². The molecule has 0 aliphatic heterocycles. The fraction of sp³-hybridized carbons (Fsp3) is 0.667. The Bertz CT molecular complexity index is 133. The van der Waals surface area contributed by atoms with Crippen molar-refractivity contribution in [3.05, 3.63) is 0 Å². The van der Waals surface area contributed by atoms with E-state index in [2.05, 4.69) is 7.43 Å². The summed E-state index contributed by atoms with van der Waals surface area (Å²) in [7, 11) is 2.65. The molecule has 0 aromatic rings. The SMILES string of the molecule is [CH2]=[Cf][N](C(F)(F)F)C(F)(F)F. The van der Waals surface area contributed by atoms with Crippen molar-refractivity contribution in [2.24, 2.45) is 0 Å². The van der Waals surface area contributed by atoms with Gasteiger partial charge in [0.25, 0.3) is 0 Å². The number of halogens is 6. The number of hydrogen-bond donors (Lipinski definition) is 0.